The summed E-state index contributed by atoms with van der Waals surface area (Å²) in [6, 6.07) is 24.7. The predicted octanol–water partition coefficient (Wildman–Crippen LogP) is 5.65. The summed E-state index contributed by atoms with van der Waals surface area (Å²) in [6.45, 7) is 3.10. The molecule has 0 bridgehead atoms. The van der Waals surface area contributed by atoms with Gasteiger partial charge in [0.15, 0.2) is 11.5 Å². The Bertz CT molecular complexity index is 1120. The van der Waals surface area contributed by atoms with Crippen molar-refractivity contribution in [2.24, 2.45) is 0 Å². The first kappa shape index (κ1) is 23.1. The van der Waals surface area contributed by atoms with Gasteiger partial charge in [0.05, 0.1) is 6.61 Å². The number of nitrogens with one attached hydrogen (secondary N) is 1. The Morgan fingerprint density at radius 1 is 1.00 bits per heavy atom. The molecule has 0 heterocycles. The Kier molecular flexibility index (Phi) is 8.47. The highest BCUT2D eigenvalue weighted by atomic mass is 79.9. The largest absolute Gasteiger partial charge is 0.490 e. The lowest BCUT2D eigenvalue weighted by Gasteiger charge is -2.13. The van der Waals surface area contributed by atoms with E-state index in [1.807, 2.05) is 67.6 Å². The molecule has 6 heteroatoms. The zero-order valence-electron chi connectivity index (χ0n) is 17.7. The number of halogens is 1. The van der Waals surface area contributed by atoms with Crippen LogP contribution in [0.2, 0.25) is 0 Å². The second-order valence-electron chi connectivity index (χ2n) is 6.89. The second-order valence-corrected chi connectivity index (χ2v) is 7.81. The van der Waals surface area contributed by atoms with Gasteiger partial charge in [0.2, 0.25) is 0 Å². The van der Waals surface area contributed by atoms with Crippen LogP contribution in [0.1, 0.15) is 23.6 Å². The maximum absolute atomic E-state index is 12.5. The van der Waals surface area contributed by atoms with Crippen LogP contribution in [0.25, 0.3) is 6.08 Å². The van der Waals surface area contributed by atoms with E-state index >= 15 is 0 Å². The van der Waals surface area contributed by atoms with Crippen LogP contribution in [-0.4, -0.2) is 12.5 Å². The Balaban J connectivity index is 1.72. The first-order valence-corrected chi connectivity index (χ1v) is 11.0. The van der Waals surface area contributed by atoms with E-state index in [0.717, 1.165) is 15.6 Å². The smallest absolute Gasteiger partial charge is 0.262 e. The Labute approximate surface area is 196 Å². The molecule has 162 valence electrons. The molecular weight excluding hydrogens is 468 g/mol. The van der Waals surface area contributed by atoms with E-state index in [1.54, 1.807) is 24.3 Å². The van der Waals surface area contributed by atoms with Crippen LogP contribution < -0.4 is 14.8 Å². The summed E-state index contributed by atoms with van der Waals surface area (Å²) in [7, 11) is 0. The summed E-state index contributed by atoms with van der Waals surface area (Å²) in [4.78, 5) is 12.5. The number of nitrogens with zero attached hydrogens (tertiary/aromatic N) is 1. The summed E-state index contributed by atoms with van der Waals surface area (Å²) in [5, 5.41) is 12.2. The normalized spacial score (nSPS) is 10.8. The second kappa shape index (κ2) is 11.7. The van der Waals surface area contributed by atoms with E-state index in [-0.39, 0.29) is 5.57 Å². The third-order valence-corrected chi connectivity index (χ3v) is 5.08. The van der Waals surface area contributed by atoms with Crippen LogP contribution in [0.15, 0.2) is 82.8 Å². The molecule has 0 saturated carbocycles. The van der Waals surface area contributed by atoms with Gasteiger partial charge in [-0.05, 0) is 54.0 Å². The Hall–Kier alpha value is -3.56. The Morgan fingerprint density at radius 2 is 1.75 bits per heavy atom. The van der Waals surface area contributed by atoms with E-state index in [4.69, 9.17) is 9.47 Å². The van der Waals surface area contributed by atoms with Gasteiger partial charge in [-0.15, -0.1) is 0 Å². The molecule has 0 spiro atoms. The molecule has 0 aliphatic rings. The lowest BCUT2D eigenvalue weighted by atomic mass is 10.1. The molecule has 3 rings (SSSR count). The van der Waals surface area contributed by atoms with E-state index in [0.29, 0.717) is 36.8 Å². The highest BCUT2D eigenvalue weighted by Crippen LogP contribution is 2.30. The average molecular weight is 491 g/mol. The monoisotopic (exact) mass is 490 g/mol. The summed E-state index contributed by atoms with van der Waals surface area (Å²) < 4.78 is 12.7. The number of nitriles is 1. The number of hydrogen-bond donors (Lipinski definition) is 1. The van der Waals surface area contributed by atoms with Gasteiger partial charge >= 0.3 is 0 Å². The van der Waals surface area contributed by atoms with Gasteiger partial charge in [-0.3, -0.25) is 4.79 Å². The van der Waals surface area contributed by atoms with E-state index in [9.17, 15) is 10.1 Å². The minimum atomic E-state index is -0.426. The van der Waals surface area contributed by atoms with Crippen LogP contribution in [0.4, 0.5) is 0 Å². The molecule has 0 aliphatic carbocycles. The molecule has 1 amide bonds. The van der Waals surface area contributed by atoms with Crippen LogP contribution in [-0.2, 0) is 17.9 Å². The van der Waals surface area contributed by atoms with Crippen molar-refractivity contribution in [1.82, 2.24) is 5.32 Å². The van der Waals surface area contributed by atoms with Crippen molar-refractivity contribution in [2.45, 2.75) is 20.1 Å². The predicted molar refractivity (Wildman–Crippen MR) is 128 cm³/mol. The lowest BCUT2D eigenvalue weighted by molar-refractivity contribution is -0.117. The zero-order chi connectivity index (χ0) is 22.8. The minimum Gasteiger partial charge on any atom is -0.490 e. The molecular formula is C26H23BrN2O3. The number of benzene rings is 3. The summed E-state index contributed by atoms with van der Waals surface area (Å²) in [5.41, 5.74) is 2.69. The minimum absolute atomic E-state index is 0.0203. The van der Waals surface area contributed by atoms with E-state index in [1.165, 1.54) is 0 Å². The van der Waals surface area contributed by atoms with E-state index in [2.05, 4.69) is 21.2 Å². The number of hydrogen-bond acceptors (Lipinski definition) is 4. The summed E-state index contributed by atoms with van der Waals surface area (Å²) in [6.07, 6.45) is 1.54. The van der Waals surface area contributed by atoms with Crippen LogP contribution >= 0.6 is 15.9 Å². The molecule has 0 fully saturated rings. The SMILES string of the molecule is CCOc1cc(/C=C(/C#N)C(=O)NCc2ccccc2)ccc1OCc1ccc(Br)cc1. The number of amides is 1. The molecule has 0 unspecified atom stereocenters. The van der Waals surface area contributed by atoms with Crippen molar-refractivity contribution in [3.63, 3.8) is 0 Å². The molecule has 5 nitrogen and oxygen atoms in total. The average Bonchev–Trinajstić information content (AvgIpc) is 2.82. The van der Waals surface area contributed by atoms with Crippen molar-refractivity contribution in [3.05, 3.63) is 99.5 Å². The molecule has 0 saturated heterocycles. The van der Waals surface area contributed by atoms with Crippen LogP contribution in [0.3, 0.4) is 0 Å². The molecule has 0 aliphatic heterocycles. The first-order valence-electron chi connectivity index (χ1n) is 10.2. The van der Waals surface area contributed by atoms with Gasteiger partial charge in [0.1, 0.15) is 18.2 Å². The van der Waals surface area contributed by atoms with E-state index < -0.39 is 5.91 Å². The summed E-state index contributed by atoms with van der Waals surface area (Å²) in [5.74, 6) is 0.726. The van der Waals surface area contributed by atoms with Crippen molar-refractivity contribution in [1.29, 1.82) is 5.26 Å². The van der Waals surface area contributed by atoms with Gasteiger partial charge in [-0.25, -0.2) is 0 Å². The number of carbonyl (C=O) groups excluding carboxylic acids is 1. The third kappa shape index (κ3) is 6.73. The maximum atomic E-state index is 12.5. The van der Waals surface area contributed by atoms with Gasteiger partial charge in [0, 0.05) is 11.0 Å². The third-order valence-electron chi connectivity index (χ3n) is 4.55. The molecule has 0 atom stereocenters. The van der Waals surface area contributed by atoms with Gasteiger partial charge < -0.3 is 14.8 Å². The van der Waals surface area contributed by atoms with Crippen molar-refractivity contribution in [2.75, 3.05) is 6.61 Å². The topological polar surface area (TPSA) is 71.3 Å². The molecule has 32 heavy (non-hydrogen) atoms. The number of carbonyl (C=O) groups is 1. The molecule has 3 aromatic rings. The fraction of sp³-hybridized carbons (Fsp3) is 0.154. The van der Waals surface area contributed by atoms with Crippen molar-refractivity contribution in [3.8, 4) is 17.6 Å². The maximum Gasteiger partial charge on any atom is 0.262 e. The molecule has 3 aromatic carbocycles. The standard InChI is InChI=1S/C26H23BrN2O3/c1-2-31-25-15-21(10-13-24(25)32-18-20-8-11-23(27)12-9-20)14-22(16-28)26(30)29-17-19-6-4-3-5-7-19/h3-15H,2,17-18H2,1H3,(H,29,30)/b22-14-. The highest BCUT2D eigenvalue weighted by Gasteiger charge is 2.11. The van der Waals surface area contributed by atoms with Crippen LogP contribution in [0, 0.1) is 11.3 Å². The van der Waals surface area contributed by atoms with Gasteiger partial charge in [-0.2, -0.15) is 5.26 Å². The quantitative estimate of drug-likeness (QED) is 0.310. The van der Waals surface area contributed by atoms with Crippen molar-refractivity contribution < 1.29 is 14.3 Å². The molecule has 0 aromatic heterocycles. The molecule has 0 radical (unpaired) electrons. The molecule has 1 N–H and O–H groups in total. The van der Waals surface area contributed by atoms with Crippen LogP contribution in [0.5, 0.6) is 11.5 Å². The van der Waals surface area contributed by atoms with Gasteiger partial charge in [0.25, 0.3) is 5.91 Å². The zero-order valence-corrected chi connectivity index (χ0v) is 19.3. The lowest BCUT2D eigenvalue weighted by Crippen LogP contribution is -2.23. The fourth-order valence-electron chi connectivity index (χ4n) is 2.93. The summed E-state index contributed by atoms with van der Waals surface area (Å²) >= 11 is 3.42. The number of ether oxygens (including phenoxy) is 2. The fourth-order valence-corrected chi connectivity index (χ4v) is 3.20. The first-order chi connectivity index (χ1) is 15.6. The van der Waals surface area contributed by atoms with Gasteiger partial charge in [-0.1, -0.05) is 64.5 Å². The Morgan fingerprint density at radius 3 is 2.44 bits per heavy atom. The highest BCUT2D eigenvalue weighted by molar-refractivity contribution is 9.10. The van der Waals surface area contributed by atoms with Crippen molar-refractivity contribution >= 4 is 27.9 Å². The number of rotatable bonds is 9.